The van der Waals surface area contributed by atoms with Gasteiger partial charge < -0.3 is 0 Å². The highest BCUT2D eigenvalue weighted by atomic mass is 35.5. The van der Waals surface area contributed by atoms with Crippen LogP contribution in [0.1, 0.15) is 30.2 Å². The molecule has 1 aliphatic rings. The molecule has 1 heterocycles. The molecule has 1 N–H and O–H groups in total. The Morgan fingerprint density at radius 2 is 2.31 bits per heavy atom. The molecule has 1 aliphatic carbocycles. The molecule has 0 saturated heterocycles. The average Bonchev–Trinajstić information content (AvgIpc) is 2.43. The van der Waals surface area contributed by atoms with E-state index in [0.717, 1.165) is 9.21 Å². The number of hydrogen-bond acceptors (Lipinski definition) is 3. The molecule has 1 aromatic heterocycles. The molecule has 1 atom stereocenters. The molecule has 13 heavy (non-hydrogen) atoms. The van der Waals surface area contributed by atoms with Crippen LogP contribution in [0.3, 0.4) is 0 Å². The number of halogens is 1. The summed E-state index contributed by atoms with van der Waals surface area (Å²) < 4.78 is 0.794. The lowest BCUT2D eigenvalue weighted by Gasteiger charge is -2.29. The van der Waals surface area contributed by atoms with Crippen molar-refractivity contribution >= 4 is 22.9 Å². The molecule has 0 amide bonds. The van der Waals surface area contributed by atoms with Crippen molar-refractivity contribution < 1.29 is 0 Å². The molecule has 0 radical (unpaired) electrons. The van der Waals surface area contributed by atoms with Gasteiger partial charge in [-0.25, -0.2) is 5.53 Å². The van der Waals surface area contributed by atoms with E-state index in [1.165, 1.54) is 19.3 Å². The summed E-state index contributed by atoms with van der Waals surface area (Å²) in [6.07, 6.45) is 3.71. The zero-order chi connectivity index (χ0) is 9.26. The highest BCUT2D eigenvalue weighted by Crippen LogP contribution is 2.42. The summed E-state index contributed by atoms with van der Waals surface area (Å²) in [6.45, 7) is 0. The number of nitrogens with zero attached hydrogens (tertiary/aromatic N) is 1. The first kappa shape index (κ1) is 9.16. The Labute approximate surface area is 86.4 Å². The fraction of sp³-hybridized carbons (Fsp3) is 0.556. The van der Waals surface area contributed by atoms with E-state index in [2.05, 4.69) is 5.11 Å². The van der Waals surface area contributed by atoms with Crippen LogP contribution in [0, 0.1) is 11.4 Å². The maximum absolute atomic E-state index is 7.16. The lowest BCUT2D eigenvalue weighted by atomic mass is 9.79. The van der Waals surface area contributed by atoms with Gasteiger partial charge in [0, 0.05) is 4.88 Å². The van der Waals surface area contributed by atoms with Crippen LogP contribution in [0.25, 0.3) is 0 Å². The highest BCUT2D eigenvalue weighted by Gasteiger charge is 2.29. The van der Waals surface area contributed by atoms with Crippen molar-refractivity contribution in [3.05, 3.63) is 21.3 Å². The van der Waals surface area contributed by atoms with Crippen LogP contribution in [-0.2, 0) is 0 Å². The molecular weight excluding hydrogens is 204 g/mol. The Morgan fingerprint density at radius 3 is 2.69 bits per heavy atom. The first-order chi connectivity index (χ1) is 6.31. The Balaban J connectivity index is 2.15. The molecule has 0 aromatic carbocycles. The molecule has 70 valence electrons. The van der Waals surface area contributed by atoms with Gasteiger partial charge in [0.05, 0.1) is 4.34 Å². The van der Waals surface area contributed by atoms with Crippen LogP contribution in [0.2, 0.25) is 4.34 Å². The maximum Gasteiger partial charge on any atom is 0.107 e. The average molecular weight is 215 g/mol. The van der Waals surface area contributed by atoms with Crippen LogP contribution in [0.4, 0.5) is 0 Å². The summed E-state index contributed by atoms with van der Waals surface area (Å²) in [6, 6.07) is 3.96. The summed E-state index contributed by atoms with van der Waals surface area (Å²) in [5.74, 6) is 0.590. The zero-order valence-electron chi connectivity index (χ0n) is 7.16. The molecule has 0 bridgehead atoms. The van der Waals surface area contributed by atoms with Gasteiger partial charge in [0.15, 0.2) is 0 Å². The van der Waals surface area contributed by atoms with Crippen LogP contribution in [-0.4, -0.2) is 0 Å². The molecule has 4 heteroatoms. The maximum atomic E-state index is 7.16. The van der Waals surface area contributed by atoms with Gasteiger partial charge in [-0.2, -0.15) is 5.11 Å². The van der Waals surface area contributed by atoms with Crippen LogP contribution < -0.4 is 0 Å². The number of hydrogen-bond donors (Lipinski definition) is 1. The summed E-state index contributed by atoms with van der Waals surface area (Å²) in [7, 11) is 0. The Bertz CT molecular complexity index is 306. The molecule has 1 unspecified atom stereocenters. The van der Waals surface area contributed by atoms with Gasteiger partial charge in [0.25, 0.3) is 0 Å². The van der Waals surface area contributed by atoms with Gasteiger partial charge in [-0.05, 0) is 30.9 Å². The predicted octanol–water partition coefficient (Wildman–Crippen LogP) is 4.27. The van der Waals surface area contributed by atoms with Gasteiger partial charge in [0.2, 0.25) is 0 Å². The van der Waals surface area contributed by atoms with Crippen LogP contribution in [0.15, 0.2) is 17.2 Å². The van der Waals surface area contributed by atoms with Gasteiger partial charge in [0.1, 0.15) is 6.04 Å². The third-order valence-corrected chi connectivity index (χ3v) is 3.92. The van der Waals surface area contributed by atoms with Crippen molar-refractivity contribution in [1.29, 1.82) is 5.53 Å². The van der Waals surface area contributed by atoms with Crippen molar-refractivity contribution in [2.75, 3.05) is 0 Å². The smallest absolute Gasteiger partial charge is 0.107 e. The van der Waals surface area contributed by atoms with E-state index < -0.39 is 0 Å². The first-order valence-corrected chi connectivity index (χ1v) is 5.62. The van der Waals surface area contributed by atoms with Gasteiger partial charge in [-0.3, -0.25) is 0 Å². The second kappa shape index (κ2) is 3.76. The van der Waals surface area contributed by atoms with Crippen molar-refractivity contribution in [3.8, 4) is 0 Å². The minimum Gasteiger partial charge on any atom is -0.209 e. The molecule has 1 aromatic rings. The predicted molar refractivity (Wildman–Crippen MR) is 54.6 cm³/mol. The lowest BCUT2D eigenvalue weighted by Crippen LogP contribution is -2.17. The molecule has 2 rings (SSSR count). The van der Waals surface area contributed by atoms with E-state index in [4.69, 9.17) is 17.1 Å². The number of nitrogens with one attached hydrogen (secondary N) is 1. The van der Waals surface area contributed by atoms with Crippen molar-refractivity contribution in [2.45, 2.75) is 25.3 Å². The summed E-state index contributed by atoms with van der Waals surface area (Å²) in [4.78, 5) is 1.14. The summed E-state index contributed by atoms with van der Waals surface area (Å²) >= 11 is 7.39. The van der Waals surface area contributed by atoms with E-state index in [9.17, 15) is 0 Å². The molecule has 0 aliphatic heterocycles. The monoisotopic (exact) mass is 214 g/mol. The highest BCUT2D eigenvalue weighted by molar-refractivity contribution is 7.16. The zero-order valence-corrected chi connectivity index (χ0v) is 8.74. The largest absolute Gasteiger partial charge is 0.209 e. The standard InChI is InChI=1S/C9H11ClN2S/c10-8-5-4-7(13-8)9(12-11)6-2-1-3-6/h4-6,9,11H,1-3H2. The number of thiophene rings is 1. The van der Waals surface area contributed by atoms with Crippen molar-refractivity contribution in [3.63, 3.8) is 0 Å². The van der Waals surface area contributed by atoms with E-state index in [0.29, 0.717) is 5.92 Å². The van der Waals surface area contributed by atoms with Crippen molar-refractivity contribution in [2.24, 2.45) is 11.0 Å². The van der Waals surface area contributed by atoms with Crippen molar-refractivity contribution in [1.82, 2.24) is 0 Å². The minimum absolute atomic E-state index is 0.0752. The fourth-order valence-electron chi connectivity index (χ4n) is 1.64. The Hall–Kier alpha value is -0.410. The summed E-state index contributed by atoms with van der Waals surface area (Å²) in [5.41, 5.74) is 7.16. The molecule has 0 spiro atoms. The lowest BCUT2D eigenvalue weighted by molar-refractivity contribution is 0.260. The summed E-state index contributed by atoms with van der Waals surface area (Å²) in [5, 5.41) is 3.70. The van der Waals surface area contributed by atoms with E-state index in [1.807, 2.05) is 12.1 Å². The SMILES string of the molecule is N=NC(c1ccc(Cl)s1)C1CCC1. The topological polar surface area (TPSA) is 36.2 Å². The van der Waals surface area contributed by atoms with E-state index >= 15 is 0 Å². The van der Waals surface area contributed by atoms with E-state index in [1.54, 1.807) is 11.3 Å². The molecule has 2 nitrogen and oxygen atoms in total. The third kappa shape index (κ3) is 1.76. The first-order valence-electron chi connectivity index (χ1n) is 4.43. The van der Waals surface area contributed by atoms with Crippen LogP contribution >= 0.6 is 22.9 Å². The second-order valence-electron chi connectivity index (χ2n) is 3.41. The molecule has 1 fully saturated rings. The molecule has 1 saturated carbocycles. The third-order valence-electron chi connectivity index (χ3n) is 2.62. The minimum atomic E-state index is 0.0752. The van der Waals surface area contributed by atoms with E-state index in [-0.39, 0.29) is 6.04 Å². The quantitative estimate of drug-likeness (QED) is 0.730. The number of rotatable bonds is 3. The van der Waals surface area contributed by atoms with Gasteiger partial charge >= 0.3 is 0 Å². The second-order valence-corrected chi connectivity index (χ2v) is 5.15. The van der Waals surface area contributed by atoms with Crippen LogP contribution in [0.5, 0.6) is 0 Å². The Morgan fingerprint density at radius 1 is 1.54 bits per heavy atom. The Kier molecular flexibility index (Phi) is 2.65. The van der Waals surface area contributed by atoms with Gasteiger partial charge in [-0.15, -0.1) is 11.3 Å². The van der Waals surface area contributed by atoms with Gasteiger partial charge in [-0.1, -0.05) is 18.0 Å². The molecular formula is C9H11ClN2S. The fourth-order valence-corrected chi connectivity index (χ4v) is 2.84. The normalized spacial score (nSPS) is 19.5.